The fourth-order valence-corrected chi connectivity index (χ4v) is 2.10. The van der Waals surface area contributed by atoms with Crippen molar-refractivity contribution in [3.63, 3.8) is 0 Å². The summed E-state index contributed by atoms with van der Waals surface area (Å²) in [5.41, 5.74) is -0.224. The molecule has 0 saturated carbocycles. The van der Waals surface area contributed by atoms with Crippen LogP contribution in [0.25, 0.3) is 5.69 Å². The number of hydrogen-bond donors (Lipinski definition) is 0. The van der Waals surface area contributed by atoms with E-state index >= 15 is 0 Å². The minimum Gasteiger partial charge on any atom is -0.258 e. The number of nitrogens with zero attached hydrogens (tertiary/aromatic N) is 4. The third-order valence-corrected chi connectivity index (χ3v) is 4.06. The first-order chi connectivity index (χ1) is 9.32. The Morgan fingerprint density at radius 3 is 2.40 bits per heavy atom. The highest BCUT2D eigenvalue weighted by Gasteiger charge is 2.24. The molecule has 8 nitrogen and oxygen atoms in total. The van der Waals surface area contributed by atoms with E-state index in [1.54, 1.807) is 6.92 Å². The van der Waals surface area contributed by atoms with E-state index in [1.165, 1.54) is 6.07 Å². The molecule has 1 aromatic heterocycles. The number of nitro benzene ring substituents is 2. The number of aryl methyl sites for hydroxylation is 1. The maximum Gasteiger partial charge on any atom is 0.301 e. The number of aromatic nitrogens is 2. The van der Waals surface area contributed by atoms with Gasteiger partial charge in [0.25, 0.3) is 5.69 Å². The Labute approximate surface area is 125 Å². The summed E-state index contributed by atoms with van der Waals surface area (Å²) in [6, 6.07) is 3.27. The highest BCUT2D eigenvalue weighted by Crippen LogP contribution is 2.33. The third kappa shape index (κ3) is 2.37. The van der Waals surface area contributed by atoms with Crippen LogP contribution in [0.4, 0.5) is 11.4 Å². The number of benzene rings is 1. The summed E-state index contributed by atoms with van der Waals surface area (Å²) in [6.45, 7) is 1.67. The van der Waals surface area contributed by atoms with Gasteiger partial charge < -0.3 is 0 Å². The monoisotopic (exact) mass is 360 g/mol. The van der Waals surface area contributed by atoms with Gasteiger partial charge in [-0.15, -0.1) is 0 Å². The fraction of sp³-hybridized carbons (Fsp3) is 0.100. The van der Waals surface area contributed by atoms with Gasteiger partial charge in [0.1, 0.15) is 10.8 Å². The van der Waals surface area contributed by atoms with E-state index in [1.807, 2.05) is 0 Å². The summed E-state index contributed by atoms with van der Waals surface area (Å²) in [5, 5.41) is 25.9. The van der Waals surface area contributed by atoms with E-state index in [2.05, 4.69) is 21.0 Å². The number of halogens is 2. The van der Waals surface area contributed by atoms with Crippen molar-refractivity contribution in [2.24, 2.45) is 0 Å². The van der Waals surface area contributed by atoms with Gasteiger partial charge in [0.15, 0.2) is 0 Å². The first-order valence-corrected chi connectivity index (χ1v) is 6.34. The van der Waals surface area contributed by atoms with Crippen LogP contribution < -0.4 is 0 Å². The molecule has 0 saturated heterocycles. The van der Waals surface area contributed by atoms with Crippen molar-refractivity contribution in [1.29, 1.82) is 0 Å². The molecule has 0 aliphatic rings. The van der Waals surface area contributed by atoms with Gasteiger partial charge in [-0.25, -0.2) is 4.68 Å². The van der Waals surface area contributed by atoms with Crippen LogP contribution in [0.15, 0.2) is 22.7 Å². The van der Waals surface area contributed by atoms with Crippen molar-refractivity contribution < 1.29 is 9.85 Å². The number of nitro groups is 2. The molecule has 0 unspecified atom stereocenters. The highest BCUT2D eigenvalue weighted by atomic mass is 79.9. The topological polar surface area (TPSA) is 104 Å². The Kier molecular flexibility index (Phi) is 3.73. The first kappa shape index (κ1) is 14.4. The minimum atomic E-state index is -0.719. The van der Waals surface area contributed by atoms with E-state index in [0.29, 0.717) is 10.2 Å². The van der Waals surface area contributed by atoms with E-state index in [0.717, 1.165) is 16.8 Å². The predicted octanol–water partition coefficient (Wildman–Crippen LogP) is 3.41. The summed E-state index contributed by atoms with van der Waals surface area (Å²) in [6.07, 6.45) is 0. The van der Waals surface area contributed by atoms with Gasteiger partial charge in [-0.05, 0) is 28.9 Å². The van der Waals surface area contributed by atoms with Crippen molar-refractivity contribution in [2.45, 2.75) is 6.92 Å². The van der Waals surface area contributed by atoms with Gasteiger partial charge in [0.2, 0.25) is 0 Å². The van der Waals surface area contributed by atoms with Crippen molar-refractivity contribution in [1.82, 2.24) is 9.78 Å². The minimum absolute atomic E-state index is 0.0550. The fourth-order valence-electron chi connectivity index (χ4n) is 1.59. The zero-order valence-corrected chi connectivity index (χ0v) is 12.3. The average Bonchev–Trinajstić information content (AvgIpc) is 2.65. The van der Waals surface area contributed by atoms with E-state index in [4.69, 9.17) is 11.6 Å². The van der Waals surface area contributed by atoms with Crippen LogP contribution in [0.5, 0.6) is 0 Å². The molecule has 0 amide bonds. The molecule has 0 aliphatic carbocycles. The Bertz CT molecular complexity index is 730. The van der Waals surface area contributed by atoms with Gasteiger partial charge in [0, 0.05) is 6.07 Å². The maximum atomic E-state index is 11.1. The van der Waals surface area contributed by atoms with Gasteiger partial charge in [0.05, 0.1) is 26.1 Å². The van der Waals surface area contributed by atoms with Crippen LogP contribution in [0.1, 0.15) is 5.69 Å². The number of rotatable bonds is 3. The molecule has 20 heavy (non-hydrogen) atoms. The summed E-state index contributed by atoms with van der Waals surface area (Å²) in [5.74, 6) is 0. The van der Waals surface area contributed by atoms with Crippen LogP contribution in [-0.4, -0.2) is 19.6 Å². The summed E-state index contributed by atoms with van der Waals surface area (Å²) in [7, 11) is 0. The van der Waals surface area contributed by atoms with Gasteiger partial charge in [-0.2, -0.15) is 5.10 Å². The SMILES string of the molecule is Cc1nn(-c2ccc([N+](=O)[O-])cc2[N+](=O)[O-])c(Cl)c1Br. The van der Waals surface area contributed by atoms with E-state index in [9.17, 15) is 20.2 Å². The first-order valence-electron chi connectivity index (χ1n) is 5.16. The average molecular weight is 362 g/mol. The number of non-ortho nitro benzene ring substituents is 1. The lowest BCUT2D eigenvalue weighted by molar-refractivity contribution is -0.394. The van der Waals surface area contributed by atoms with Crippen LogP contribution in [0.3, 0.4) is 0 Å². The molecule has 2 rings (SSSR count). The largest absolute Gasteiger partial charge is 0.301 e. The van der Waals surface area contributed by atoms with Crippen LogP contribution in [0.2, 0.25) is 5.15 Å². The highest BCUT2D eigenvalue weighted by molar-refractivity contribution is 9.10. The molecule has 0 atom stereocenters. The smallest absolute Gasteiger partial charge is 0.258 e. The van der Waals surface area contributed by atoms with E-state index in [-0.39, 0.29) is 16.5 Å². The van der Waals surface area contributed by atoms with Crippen LogP contribution in [-0.2, 0) is 0 Å². The molecule has 0 bridgehead atoms. The molecule has 2 aromatic rings. The van der Waals surface area contributed by atoms with Gasteiger partial charge in [-0.1, -0.05) is 11.6 Å². The quantitative estimate of drug-likeness (QED) is 0.615. The lowest BCUT2D eigenvalue weighted by Crippen LogP contribution is -2.03. The normalized spacial score (nSPS) is 10.6. The molecular formula is C10H6BrClN4O4. The Morgan fingerprint density at radius 1 is 1.30 bits per heavy atom. The zero-order chi connectivity index (χ0) is 15.0. The molecule has 0 spiro atoms. The van der Waals surface area contributed by atoms with Crippen molar-refractivity contribution in [3.8, 4) is 5.69 Å². The molecule has 0 fully saturated rings. The van der Waals surface area contributed by atoms with E-state index < -0.39 is 15.5 Å². The molecule has 104 valence electrons. The molecule has 10 heteroatoms. The molecule has 0 radical (unpaired) electrons. The van der Waals surface area contributed by atoms with Crippen LogP contribution in [0, 0.1) is 27.2 Å². The molecule has 0 aliphatic heterocycles. The molecule has 1 aromatic carbocycles. The second kappa shape index (κ2) is 5.17. The standard InChI is InChI=1S/C10H6BrClN4O4/c1-5-9(11)10(12)14(13-5)7-3-2-6(15(17)18)4-8(7)16(19)20/h2-4H,1H3. The third-order valence-electron chi connectivity index (χ3n) is 2.53. The zero-order valence-electron chi connectivity index (χ0n) is 9.91. The molecule has 0 N–H and O–H groups in total. The Morgan fingerprint density at radius 2 is 1.95 bits per heavy atom. The lowest BCUT2D eigenvalue weighted by atomic mass is 10.2. The Hall–Kier alpha value is -2.00. The molecular weight excluding hydrogens is 355 g/mol. The predicted molar refractivity (Wildman–Crippen MR) is 74.3 cm³/mol. The maximum absolute atomic E-state index is 11.1. The lowest BCUT2D eigenvalue weighted by Gasteiger charge is -2.04. The van der Waals surface area contributed by atoms with Crippen molar-refractivity contribution in [3.05, 3.63) is 53.7 Å². The van der Waals surface area contributed by atoms with Crippen molar-refractivity contribution in [2.75, 3.05) is 0 Å². The van der Waals surface area contributed by atoms with Gasteiger partial charge in [-0.3, -0.25) is 20.2 Å². The second-order valence-corrected chi connectivity index (χ2v) is 4.94. The van der Waals surface area contributed by atoms with Crippen molar-refractivity contribution >= 4 is 38.9 Å². The molecule has 1 heterocycles. The summed E-state index contributed by atoms with van der Waals surface area (Å²) >= 11 is 9.23. The summed E-state index contributed by atoms with van der Waals surface area (Å²) in [4.78, 5) is 20.3. The number of hydrogen-bond acceptors (Lipinski definition) is 5. The second-order valence-electron chi connectivity index (χ2n) is 3.79. The van der Waals surface area contributed by atoms with Crippen LogP contribution >= 0.6 is 27.5 Å². The Balaban J connectivity index is 2.70. The summed E-state index contributed by atoms with van der Waals surface area (Å²) < 4.78 is 1.66. The van der Waals surface area contributed by atoms with Gasteiger partial charge >= 0.3 is 5.69 Å².